The van der Waals surface area contributed by atoms with E-state index in [0.29, 0.717) is 0 Å². The smallest absolute Gasteiger partial charge is 0.310 e. The van der Waals surface area contributed by atoms with Crippen LogP contribution in [0.1, 0.15) is 33.3 Å². The Labute approximate surface area is 125 Å². The SMILES string of the molecule is CC(C)(NS(=O)(=O)C=Cc1ccccc1)C(C)(C)C(=O)O. The zero-order valence-corrected chi connectivity index (χ0v) is 13.4. The van der Waals surface area contributed by atoms with Gasteiger partial charge in [-0.05, 0) is 39.3 Å². The van der Waals surface area contributed by atoms with Gasteiger partial charge in [0.05, 0.1) is 5.41 Å². The van der Waals surface area contributed by atoms with Crippen LogP contribution in [0.4, 0.5) is 0 Å². The Kier molecular flexibility index (Phi) is 4.96. The maximum Gasteiger partial charge on any atom is 0.310 e. The summed E-state index contributed by atoms with van der Waals surface area (Å²) >= 11 is 0. The maximum atomic E-state index is 12.1. The van der Waals surface area contributed by atoms with Crippen molar-refractivity contribution in [2.45, 2.75) is 33.2 Å². The van der Waals surface area contributed by atoms with E-state index in [4.69, 9.17) is 0 Å². The van der Waals surface area contributed by atoms with E-state index in [-0.39, 0.29) is 0 Å². The number of aliphatic carboxylic acids is 1. The largest absolute Gasteiger partial charge is 0.481 e. The van der Waals surface area contributed by atoms with Crippen LogP contribution in [0.15, 0.2) is 35.7 Å². The molecule has 0 aromatic heterocycles. The second-order valence-electron chi connectivity index (χ2n) is 5.92. The summed E-state index contributed by atoms with van der Waals surface area (Å²) in [6.07, 6.45) is 1.46. The highest BCUT2D eigenvalue weighted by Crippen LogP contribution is 2.31. The van der Waals surface area contributed by atoms with Crippen molar-refractivity contribution in [3.63, 3.8) is 0 Å². The van der Waals surface area contributed by atoms with Crippen molar-refractivity contribution < 1.29 is 18.3 Å². The summed E-state index contributed by atoms with van der Waals surface area (Å²) in [6.45, 7) is 6.07. The summed E-state index contributed by atoms with van der Waals surface area (Å²) in [5.74, 6) is -1.07. The van der Waals surface area contributed by atoms with E-state index in [1.165, 1.54) is 19.9 Å². The fraction of sp³-hybridized carbons (Fsp3) is 0.400. The first-order chi connectivity index (χ1) is 9.48. The molecule has 0 spiro atoms. The molecule has 1 aromatic rings. The topological polar surface area (TPSA) is 83.5 Å². The lowest BCUT2D eigenvalue weighted by atomic mass is 9.75. The molecule has 0 bridgehead atoms. The average molecular weight is 311 g/mol. The molecule has 0 fully saturated rings. The van der Waals surface area contributed by atoms with E-state index in [0.717, 1.165) is 11.0 Å². The van der Waals surface area contributed by atoms with Gasteiger partial charge in [0.25, 0.3) is 0 Å². The molecule has 116 valence electrons. The summed E-state index contributed by atoms with van der Waals surface area (Å²) in [5.41, 5.74) is -1.64. The average Bonchev–Trinajstić information content (AvgIpc) is 2.36. The molecule has 0 amide bonds. The Morgan fingerprint density at radius 3 is 2.14 bits per heavy atom. The molecule has 0 unspecified atom stereocenters. The van der Waals surface area contributed by atoms with Gasteiger partial charge in [-0.2, -0.15) is 0 Å². The van der Waals surface area contributed by atoms with Crippen molar-refractivity contribution in [3.05, 3.63) is 41.3 Å². The number of carboxylic acids is 1. The predicted molar refractivity (Wildman–Crippen MR) is 83.0 cm³/mol. The standard InChI is InChI=1S/C15H21NO4S/c1-14(2,13(17)18)15(3,4)16-21(19,20)11-10-12-8-6-5-7-9-12/h5-11,16H,1-4H3,(H,17,18). The van der Waals surface area contributed by atoms with Gasteiger partial charge in [-0.25, -0.2) is 13.1 Å². The van der Waals surface area contributed by atoms with E-state index < -0.39 is 26.9 Å². The molecule has 0 saturated carbocycles. The molecule has 0 aliphatic heterocycles. The van der Waals surface area contributed by atoms with Crippen LogP contribution in [0.2, 0.25) is 0 Å². The Hall–Kier alpha value is -1.66. The minimum atomic E-state index is -3.75. The van der Waals surface area contributed by atoms with Crippen LogP contribution >= 0.6 is 0 Å². The molecule has 21 heavy (non-hydrogen) atoms. The Bertz CT molecular complexity index is 631. The van der Waals surface area contributed by atoms with Crippen LogP contribution in [-0.4, -0.2) is 25.0 Å². The third-order valence-corrected chi connectivity index (χ3v) is 5.02. The number of carboxylic acid groups (broad SMARTS) is 1. The normalized spacial score (nSPS) is 13.5. The minimum Gasteiger partial charge on any atom is -0.481 e. The summed E-state index contributed by atoms with van der Waals surface area (Å²) in [7, 11) is -3.75. The molecule has 0 aliphatic rings. The molecule has 1 rings (SSSR count). The van der Waals surface area contributed by atoms with Crippen molar-refractivity contribution in [3.8, 4) is 0 Å². The van der Waals surface area contributed by atoms with Gasteiger partial charge in [0.1, 0.15) is 0 Å². The molecule has 6 heteroatoms. The number of carbonyl (C=O) groups is 1. The first-order valence-electron chi connectivity index (χ1n) is 6.48. The molecule has 1 aromatic carbocycles. The lowest BCUT2D eigenvalue weighted by molar-refractivity contribution is -0.150. The van der Waals surface area contributed by atoms with Crippen LogP contribution in [0.3, 0.4) is 0 Å². The van der Waals surface area contributed by atoms with Crippen molar-refractivity contribution >= 4 is 22.1 Å². The summed E-state index contributed by atoms with van der Waals surface area (Å²) < 4.78 is 26.6. The zero-order valence-electron chi connectivity index (χ0n) is 12.6. The van der Waals surface area contributed by atoms with E-state index in [1.807, 2.05) is 6.07 Å². The summed E-state index contributed by atoms with van der Waals surface area (Å²) in [6, 6.07) is 8.99. The van der Waals surface area contributed by atoms with Crippen LogP contribution in [0, 0.1) is 5.41 Å². The monoisotopic (exact) mass is 311 g/mol. The highest BCUT2D eigenvalue weighted by atomic mass is 32.2. The highest BCUT2D eigenvalue weighted by molar-refractivity contribution is 7.92. The fourth-order valence-electron chi connectivity index (χ4n) is 1.52. The molecule has 5 nitrogen and oxygen atoms in total. The molecular formula is C15H21NO4S. The fourth-order valence-corrected chi connectivity index (χ4v) is 2.89. The predicted octanol–water partition coefficient (Wildman–Crippen LogP) is 2.47. The van der Waals surface area contributed by atoms with Crippen molar-refractivity contribution in [1.29, 1.82) is 0 Å². The lowest BCUT2D eigenvalue weighted by Gasteiger charge is -2.37. The van der Waals surface area contributed by atoms with Gasteiger partial charge < -0.3 is 5.11 Å². The Morgan fingerprint density at radius 2 is 1.67 bits per heavy atom. The number of benzene rings is 1. The molecule has 0 radical (unpaired) electrons. The zero-order chi connectivity index (χ0) is 16.3. The number of hydrogen-bond donors (Lipinski definition) is 2. The van der Waals surface area contributed by atoms with Crippen molar-refractivity contribution in [2.24, 2.45) is 5.41 Å². The second kappa shape index (κ2) is 5.99. The number of hydrogen-bond acceptors (Lipinski definition) is 3. The quantitative estimate of drug-likeness (QED) is 0.845. The van der Waals surface area contributed by atoms with E-state index in [1.54, 1.807) is 38.1 Å². The lowest BCUT2D eigenvalue weighted by Crippen LogP contribution is -2.56. The second-order valence-corrected chi connectivity index (χ2v) is 7.48. The molecular weight excluding hydrogens is 290 g/mol. The molecule has 2 N–H and O–H groups in total. The van der Waals surface area contributed by atoms with Crippen LogP contribution in [0.25, 0.3) is 6.08 Å². The van der Waals surface area contributed by atoms with Gasteiger partial charge in [0.15, 0.2) is 0 Å². The third kappa shape index (κ3) is 4.41. The number of sulfonamides is 1. The third-order valence-electron chi connectivity index (χ3n) is 3.73. The minimum absolute atomic E-state index is 0.748. The Morgan fingerprint density at radius 1 is 1.14 bits per heavy atom. The summed E-state index contributed by atoms with van der Waals surface area (Å²) in [5, 5.41) is 10.3. The molecule has 0 aliphatic carbocycles. The Balaban J connectivity index is 2.95. The van der Waals surface area contributed by atoms with Gasteiger partial charge in [0.2, 0.25) is 10.0 Å². The maximum absolute atomic E-state index is 12.1. The highest BCUT2D eigenvalue weighted by Gasteiger charge is 2.45. The first-order valence-corrected chi connectivity index (χ1v) is 8.03. The van der Waals surface area contributed by atoms with Gasteiger partial charge >= 0.3 is 5.97 Å². The van der Waals surface area contributed by atoms with Crippen LogP contribution in [-0.2, 0) is 14.8 Å². The van der Waals surface area contributed by atoms with Gasteiger partial charge in [-0.15, -0.1) is 0 Å². The van der Waals surface area contributed by atoms with E-state index in [2.05, 4.69) is 4.72 Å². The molecule has 0 atom stereocenters. The van der Waals surface area contributed by atoms with Gasteiger partial charge in [-0.3, -0.25) is 4.79 Å². The van der Waals surface area contributed by atoms with E-state index in [9.17, 15) is 18.3 Å². The van der Waals surface area contributed by atoms with Crippen molar-refractivity contribution in [2.75, 3.05) is 0 Å². The molecule has 0 saturated heterocycles. The number of nitrogens with one attached hydrogen (secondary N) is 1. The van der Waals surface area contributed by atoms with Crippen LogP contribution in [0.5, 0.6) is 0 Å². The van der Waals surface area contributed by atoms with Gasteiger partial charge in [0, 0.05) is 10.9 Å². The van der Waals surface area contributed by atoms with Crippen molar-refractivity contribution in [1.82, 2.24) is 4.72 Å². The van der Waals surface area contributed by atoms with Crippen LogP contribution < -0.4 is 4.72 Å². The number of rotatable bonds is 6. The molecule has 0 heterocycles. The first kappa shape index (κ1) is 17.4. The van der Waals surface area contributed by atoms with Gasteiger partial charge in [-0.1, -0.05) is 30.3 Å². The summed E-state index contributed by atoms with van der Waals surface area (Å²) in [4.78, 5) is 11.3. The van der Waals surface area contributed by atoms with E-state index >= 15 is 0 Å².